The van der Waals surface area contributed by atoms with Crippen molar-refractivity contribution in [3.05, 3.63) is 18.6 Å². The zero-order chi connectivity index (χ0) is 8.81. The van der Waals surface area contributed by atoms with Crippen LogP contribution in [0.3, 0.4) is 0 Å². The highest BCUT2D eigenvalue weighted by atomic mass is 32.2. The molecule has 0 saturated carbocycles. The van der Waals surface area contributed by atoms with E-state index in [-0.39, 0.29) is 6.42 Å². The van der Waals surface area contributed by atoms with Gasteiger partial charge >= 0.3 is 5.97 Å². The van der Waals surface area contributed by atoms with Gasteiger partial charge < -0.3 is 5.11 Å². The van der Waals surface area contributed by atoms with Crippen molar-refractivity contribution in [2.45, 2.75) is 11.4 Å². The van der Waals surface area contributed by atoms with Crippen molar-refractivity contribution in [2.75, 3.05) is 5.75 Å². The molecule has 1 aromatic rings. The second kappa shape index (κ2) is 4.71. The van der Waals surface area contributed by atoms with E-state index in [1.807, 2.05) is 0 Å². The second-order valence-electron chi connectivity index (χ2n) is 2.04. The third-order valence-electron chi connectivity index (χ3n) is 1.12. The molecule has 0 unspecified atom stereocenters. The fourth-order valence-electron chi connectivity index (χ4n) is 0.607. The molecule has 1 aromatic heterocycles. The standard InChI is InChI=1S/C7H8N2O2S/c10-7(11)2-4-12-6-1-3-8-5-9-6/h1,3,5H,2,4H2,(H,10,11). The second-order valence-corrected chi connectivity index (χ2v) is 3.16. The summed E-state index contributed by atoms with van der Waals surface area (Å²) in [6.45, 7) is 0. The van der Waals surface area contributed by atoms with Crippen LogP contribution in [0, 0.1) is 0 Å². The summed E-state index contributed by atoms with van der Waals surface area (Å²) >= 11 is 1.42. The first-order chi connectivity index (χ1) is 5.79. The molecule has 0 saturated heterocycles. The Morgan fingerprint density at radius 2 is 2.50 bits per heavy atom. The zero-order valence-electron chi connectivity index (χ0n) is 6.30. The Morgan fingerprint density at radius 3 is 3.08 bits per heavy atom. The molecule has 0 atom stereocenters. The highest BCUT2D eigenvalue weighted by Crippen LogP contribution is 2.13. The van der Waals surface area contributed by atoms with Crippen molar-refractivity contribution in [1.82, 2.24) is 9.97 Å². The highest BCUT2D eigenvalue weighted by molar-refractivity contribution is 7.99. The van der Waals surface area contributed by atoms with Crippen molar-refractivity contribution in [3.63, 3.8) is 0 Å². The molecule has 1 rings (SSSR count). The van der Waals surface area contributed by atoms with Crippen LogP contribution in [0.25, 0.3) is 0 Å². The smallest absolute Gasteiger partial charge is 0.304 e. The number of aromatic nitrogens is 2. The molecule has 0 aliphatic rings. The largest absolute Gasteiger partial charge is 0.481 e. The maximum absolute atomic E-state index is 10.1. The first-order valence-corrected chi connectivity index (χ1v) is 4.38. The lowest BCUT2D eigenvalue weighted by atomic mass is 10.5. The molecule has 1 heterocycles. The molecular formula is C7H8N2O2S. The van der Waals surface area contributed by atoms with Gasteiger partial charge in [0.25, 0.3) is 0 Å². The average molecular weight is 184 g/mol. The highest BCUT2D eigenvalue weighted by Gasteiger charge is 1.98. The van der Waals surface area contributed by atoms with Gasteiger partial charge in [0.1, 0.15) is 6.33 Å². The Kier molecular flexibility index (Phi) is 3.53. The summed E-state index contributed by atoms with van der Waals surface area (Å²) in [7, 11) is 0. The quantitative estimate of drug-likeness (QED) is 0.559. The molecular weight excluding hydrogens is 176 g/mol. The van der Waals surface area contributed by atoms with Crippen LogP contribution in [0.15, 0.2) is 23.6 Å². The first kappa shape index (κ1) is 8.99. The molecule has 64 valence electrons. The van der Waals surface area contributed by atoms with Gasteiger partial charge in [-0.15, -0.1) is 11.8 Å². The lowest BCUT2D eigenvalue weighted by Crippen LogP contribution is -1.96. The summed E-state index contributed by atoms with van der Waals surface area (Å²) in [4.78, 5) is 17.8. The van der Waals surface area contributed by atoms with Crippen LogP contribution < -0.4 is 0 Å². The van der Waals surface area contributed by atoms with Crippen molar-refractivity contribution >= 4 is 17.7 Å². The van der Waals surface area contributed by atoms with E-state index in [0.717, 1.165) is 5.03 Å². The summed E-state index contributed by atoms with van der Waals surface area (Å²) in [5.41, 5.74) is 0. The number of hydrogen-bond donors (Lipinski definition) is 1. The summed E-state index contributed by atoms with van der Waals surface area (Å²) < 4.78 is 0. The predicted molar refractivity (Wildman–Crippen MR) is 45.0 cm³/mol. The normalized spacial score (nSPS) is 9.67. The summed E-state index contributed by atoms with van der Waals surface area (Å²) in [5, 5.41) is 9.16. The molecule has 12 heavy (non-hydrogen) atoms. The van der Waals surface area contributed by atoms with Gasteiger partial charge in [0.05, 0.1) is 11.4 Å². The van der Waals surface area contributed by atoms with E-state index in [4.69, 9.17) is 5.11 Å². The molecule has 0 bridgehead atoms. The van der Waals surface area contributed by atoms with Gasteiger partial charge in [0.2, 0.25) is 0 Å². The number of thioether (sulfide) groups is 1. The van der Waals surface area contributed by atoms with Crippen molar-refractivity contribution in [1.29, 1.82) is 0 Å². The molecule has 0 amide bonds. The minimum atomic E-state index is -0.781. The summed E-state index contributed by atoms with van der Waals surface area (Å²) in [5.74, 6) is -0.233. The number of carboxylic acid groups (broad SMARTS) is 1. The third kappa shape index (κ3) is 3.34. The number of nitrogens with zero attached hydrogens (tertiary/aromatic N) is 2. The Balaban J connectivity index is 2.29. The Labute approximate surface area is 74.0 Å². The van der Waals surface area contributed by atoms with Gasteiger partial charge in [-0.1, -0.05) is 0 Å². The maximum atomic E-state index is 10.1. The van der Waals surface area contributed by atoms with Crippen LogP contribution >= 0.6 is 11.8 Å². The van der Waals surface area contributed by atoms with E-state index in [9.17, 15) is 4.79 Å². The van der Waals surface area contributed by atoms with Gasteiger partial charge in [0.15, 0.2) is 0 Å². The molecule has 5 heteroatoms. The van der Waals surface area contributed by atoms with E-state index < -0.39 is 5.97 Å². The average Bonchev–Trinajstić information content (AvgIpc) is 2.05. The van der Waals surface area contributed by atoms with Crippen LogP contribution in [-0.2, 0) is 4.79 Å². The topological polar surface area (TPSA) is 63.1 Å². The molecule has 0 aromatic carbocycles. The number of carbonyl (C=O) groups is 1. The van der Waals surface area contributed by atoms with Crippen LogP contribution in [0.4, 0.5) is 0 Å². The minimum absolute atomic E-state index is 0.161. The van der Waals surface area contributed by atoms with Crippen molar-refractivity contribution < 1.29 is 9.90 Å². The lowest BCUT2D eigenvalue weighted by molar-refractivity contribution is -0.136. The molecule has 0 radical (unpaired) electrons. The van der Waals surface area contributed by atoms with Gasteiger partial charge in [0, 0.05) is 11.9 Å². The summed E-state index contributed by atoms with van der Waals surface area (Å²) in [6, 6.07) is 1.76. The van der Waals surface area contributed by atoms with E-state index in [2.05, 4.69) is 9.97 Å². The summed E-state index contributed by atoms with van der Waals surface area (Å²) in [6.07, 6.45) is 3.24. The molecule has 1 N–H and O–H groups in total. The Bertz CT molecular complexity index is 253. The monoisotopic (exact) mass is 184 g/mol. The molecule has 0 aliphatic heterocycles. The van der Waals surface area contributed by atoms with Gasteiger partial charge in [-0.25, -0.2) is 9.97 Å². The number of rotatable bonds is 4. The minimum Gasteiger partial charge on any atom is -0.481 e. The SMILES string of the molecule is O=C(O)CCSc1ccncn1. The number of hydrogen-bond acceptors (Lipinski definition) is 4. The predicted octanol–water partition coefficient (Wildman–Crippen LogP) is 1.04. The van der Waals surface area contributed by atoms with Crippen molar-refractivity contribution in [2.24, 2.45) is 0 Å². The van der Waals surface area contributed by atoms with E-state index in [0.29, 0.717) is 5.75 Å². The van der Waals surface area contributed by atoms with Crippen LogP contribution in [0.2, 0.25) is 0 Å². The fourth-order valence-corrected chi connectivity index (χ4v) is 1.37. The van der Waals surface area contributed by atoms with Crippen LogP contribution in [-0.4, -0.2) is 26.8 Å². The molecule has 0 spiro atoms. The van der Waals surface area contributed by atoms with Gasteiger partial charge in [-0.3, -0.25) is 4.79 Å². The lowest BCUT2D eigenvalue weighted by Gasteiger charge is -1.95. The number of carboxylic acids is 1. The number of aliphatic carboxylic acids is 1. The maximum Gasteiger partial charge on any atom is 0.304 e. The van der Waals surface area contributed by atoms with E-state index in [1.54, 1.807) is 12.3 Å². The van der Waals surface area contributed by atoms with Crippen molar-refractivity contribution in [3.8, 4) is 0 Å². The van der Waals surface area contributed by atoms with E-state index >= 15 is 0 Å². The van der Waals surface area contributed by atoms with Gasteiger partial charge in [-0.05, 0) is 6.07 Å². The molecule has 0 aliphatic carbocycles. The molecule has 4 nitrogen and oxygen atoms in total. The first-order valence-electron chi connectivity index (χ1n) is 3.39. The third-order valence-corrected chi connectivity index (χ3v) is 2.07. The fraction of sp³-hybridized carbons (Fsp3) is 0.286. The Morgan fingerprint density at radius 1 is 1.67 bits per heavy atom. The molecule has 0 fully saturated rings. The van der Waals surface area contributed by atoms with Crippen LogP contribution in [0.1, 0.15) is 6.42 Å². The van der Waals surface area contributed by atoms with Crippen LogP contribution in [0.5, 0.6) is 0 Å². The Hall–Kier alpha value is -1.10. The zero-order valence-corrected chi connectivity index (χ0v) is 7.12. The van der Waals surface area contributed by atoms with Gasteiger partial charge in [-0.2, -0.15) is 0 Å². The van der Waals surface area contributed by atoms with E-state index in [1.165, 1.54) is 18.1 Å².